The van der Waals surface area contributed by atoms with Gasteiger partial charge in [0.2, 0.25) is 0 Å². The molecule has 1 aromatic carbocycles. The summed E-state index contributed by atoms with van der Waals surface area (Å²) < 4.78 is 0. The molecule has 1 aromatic rings. The molecular formula is C14H20N2O2. The summed E-state index contributed by atoms with van der Waals surface area (Å²) in [5.41, 5.74) is 8.04. The number of amides is 1. The molecule has 0 bridgehead atoms. The van der Waals surface area contributed by atoms with E-state index in [9.17, 15) is 9.90 Å². The number of aryl methyl sites for hydroxylation is 1. The fraction of sp³-hybridized carbons (Fsp3) is 0.500. The van der Waals surface area contributed by atoms with Gasteiger partial charge in [-0.3, -0.25) is 4.79 Å². The predicted octanol–water partition coefficient (Wildman–Crippen LogP) is 1.42. The summed E-state index contributed by atoms with van der Waals surface area (Å²) in [5, 5.41) is 9.24. The molecule has 0 spiro atoms. The Morgan fingerprint density at radius 3 is 2.72 bits per heavy atom. The van der Waals surface area contributed by atoms with Crippen molar-refractivity contribution < 1.29 is 9.90 Å². The van der Waals surface area contributed by atoms with Gasteiger partial charge in [-0.2, -0.15) is 0 Å². The van der Waals surface area contributed by atoms with Crippen LogP contribution >= 0.6 is 0 Å². The van der Waals surface area contributed by atoms with Crippen LogP contribution in [0.4, 0.5) is 5.69 Å². The van der Waals surface area contributed by atoms with Crippen molar-refractivity contribution in [3.63, 3.8) is 0 Å². The van der Waals surface area contributed by atoms with Crippen molar-refractivity contribution in [2.24, 2.45) is 5.92 Å². The van der Waals surface area contributed by atoms with Crippen molar-refractivity contribution in [3.8, 4) is 0 Å². The molecule has 0 aliphatic heterocycles. The van der Waals surface area contributed by atoms with E-state index in [1.165, 1.54) is 0 Å². The number of rotatable bonds is 3. The number of hydrogen-bond donors (Lipinski definition) is 2. The Hall–Kier alpha value is -1.55. The summed E-state index contributed by atoms with van der Waals surface area (Å²) in [6.45, 7) is 2.60. The molecule has 1 saturated carbocycles. The second-order valence-corrected chi connectivity index (χ2v) is 5.25. The van der Waals surface area contributed by atoms with Gasteiger partial charge in [-0.05, 0) is 49.4 Å². The summed E-state index contributed by atoms with van der Waals surface area (Å²) in [6.07, 6.45) is 1.44. The summed E-state index contributed by atoms with van der Waals surface area (Å²) >= 11 is 0. The van der Waals surface area contributed by atoms with E-state index in [0.717, 1.165) is 18.4 Å². The minimum absolute atomic E-state index is 0.0134. The Labute approximate surface area is 107 Å². The van der Waals surface area contributed by atoms with Crippen molar-refractivity contribution in [3.05, 3.63) is 29.3 Å². The number of aliphatic hydroxyl groups is 1. The topological polar surface area (TPSA) is 66.6 Å². The van der Waals surface area contributed by atoms with Crippen LogP contribution < -0.4 is 5.73 Å². The third-order valence-electron chi connectivity index (χ3n) is 3.61. The summed E-state index contributed by atoms with van der Waals surface area (Å²) in [4.78, 5) is 13.9. The number of aliphatic hydroxyl groups excluding tert-OH is 1. The van der Waals surface area contributed by atoms with Crippen molar-refractivity contribution in [1.82, 2.24) is 4.90 Å². The molecule has 4 heteroatoms. The van der Waals surface area contributed by atoms with E-state index in [2.05, 4.69) is 0 Å². The SMILES string of the molecule is Cc1cc(C(=O)N(C)CC2CC(O)C2)ccc1N. The van der Waals surface area contributed by atoms with Crippen LogP contribution in [0.25, 0.3) is 0 Å². The maximum absolute atomic E-state index is 12.2. The lowest BCUT2D eigenvalue weighted by Gasteiger charge is -2.34. The molecule has 2 rings (SSSR count). The molecule has 3 N–H and O–H groups in total. The highest BCUT2D eigenvalue weighted by atomic mass is 16.3. The molecule has 1 aliphatic rings. The lowest BCUT2D eigenvalue weighted by atomic mass is 9.82. The molecule has 18 heavy (non-hydrogen) atoms. The highest BCUT2D eigenvalue weighted by molar-refractivity contribution is 5.94. The molecule has 0 heterocycles. The van der Waals surface area contributed by atoms with E-state index in [4.69, 9.17) is 5.73 Å². The van der Waals surface area contributed by atoms with Crippen LogP contribution in [0.1, 0.15) is 28.8 Å². The zero-order valence-corrected chi connectivity index (χ0v) is 10.9. The Balaban J connectivity index is 1.99. The number of nitrogens with zero attached hydrogens (tertiary/aromatic N) is 1. The molecule has 98 valence electrons. The van der Waals surface area contributed by atoms with Crippen molar-refractivity contribution in [2.45, 2.75) is 25.9 Å². The zero-order valence-electron chi connectivity index (χ0n) is 10.9. The molecule has 0 saturated heterocycles. The molecule has 0 aromatic heterocycles. The fourth-order valence-corrected chi connectivity index (χ4v) is 2.35. The van der Waals surface area contributed by atoms with Crippen LogP contribution in [0, 0.1) is 12.8 Å². The average Bonchev–Trinajstić information content (AvgIpc) is 2.29. The van der Waals surface area contributed by atoms with Crippen molar-refractivity contribution in [2.75, 3.05) is 19.3 Å². The normalized spacial score (nSPS) is 22.4. The first-order valence-corrected chi connectivity index (χ1v) is 6.27. The average molecular weight is 248 g/mol. The monoisotopic (exact) mass is 248 g/mol. The number of hydrogen-bond acceptors (Lipinski definition) is 3. The molecule has 1 amide bonds. The van der Waals surface area contributed by atoms with Gasteiger partial charge >= 0.3 is 0 Å². The third kappa shape index (κ3) is 2.64. The third-order valence-corrected chi connectivity index (χ3v) is 3.61. The van der Waals surface area contributed by atoms with Crippen LogP contribution in [0.3, 0.4) is 0 Å². The Morgan fingerprint density at radius 2 is 2.17 bits per heavy atom. The number of anilines is 1. The van der Waals surface area contributed by atoms with E-state index < -0.39 is 0 Å². The molecule has 4 nitrogen and oxygen atoms in total. The van der Waals surface area contributed by atoms with Gasteiger partial charge in [0.25, 0.3) is 5.91 Å². The first-order valence-electron chi connectivity index (χ1n) is 6.27. The molecule has 1 aliphatic carbocycles. The van der Waals surface area contributed by atoms with Gasteiger partial charge in [0.05, 0.1) is 6.10 Å². The zero-order chi connectivity index (χ0) is 13.3. The summed E-state index contributed by atoms with van der Waals surface area (Å²) in [5.74, 6) is 0.448. The van der Waals surface area contributed by atoms with E-state index in [1.54, 1.807) is 24.1 Å². The van der Waals surface area contributed by atoms with Crippen molar-refractivity contribution >= 4 is 11.6 Å². The molecule has 1 fully saturated rings. The van der Waals surface area contributed by atoms with Crippen LogP contribution in [0.2, 0.25) is 0 Å². The largest absolute Gasteiger partial charge is 0.399 e. The van der Waals surface area contributed by atoms with E-state index in [-0.39, 0.29) is 12.0 Å². The number of carbonyl (C=O) groups excluding carboxylic acids is 1. The maximum atomic E-state index is 12.2. The minimum atomic E-state index is -0.169. The summed E-state index contributed by atoms with van der Waals surface area (Å²) in [7, 11) is 1.80. The van der Waals surface area contributed by atoms with Gasteiger partial charge in [0, 0.05) is 24.8 Å². The van der Waals surface area contributed by atoms with Crippen LogP contribution in [-0.4, -0.2) is 35.6 Å². The van der Waals surface area contributed by atoms with Gasteiger partial charge in [-0.15, -0.1) is 0 Å². The molecule has 0 atom stereocenters. The molecule has 0 radical (unpaired) electrons. The van der Waals surface area contributed by atoms with Gasteiger partial charge < -0.3 is 15.7 Å². The smallest absolute Gasteiger partial charge is 0.253 e. The number of benzene rings is 1. The number of carbonyl (C=O) groups is 1. The Bertz CT molecular complexity index is 453. The standard InChI is InChI=1S/C14H20N2O2/c1-9-5-11(3-4-13(9)15)14(18)16(2)8-10-6-12(17)7-10/h3-5,10,12,17H,6-8,15H2,1-2H3. The summed E-state index contributed by atoms with van der Waals surface area (Å²) in [6, 6.07) is 5.35. The second-order valence-electron chi connectivity index (χ2n) is 5.25. The molecular weight excluding hydrogens is 228 g/mol. The van der Waals surface area contributed by atoms with Crippen LogP contribution in [-0.2, 0) is 0 Å². The van der Waals surface area contributed by atoms with Gasteiger partial charge in [-0.1, -0.05) is 0 Å². The van der Waals surface area contributed by atoms with Gasteiger partial charge in [0.15, 0.2) is 0 Å². The minimum Gasteiger partial charge on any atom is -0.399 e. The maximum Gasteiger partial charge on any atom is 0.253 e. The van der Waals surface area contributed by atoms with E-state index in [0.29, 0.717) is 23.7 Å². The van der Waals surface area contributed by atoms with E-state index >= 15 is 0 Å². The molecule has 0 unspecified atom stereocenters. The van der Waals surface area contributed by atoms with Crippen LogP contribution in [0.5, 0.6) is 0 Å². The lowest BCUT2D eigenvalue weighted by Crippen LogP contribution is -2.39. The van der Waals surface area contributed by atoms with Gasteiger partial charge in [0.1, 0.15) is 0 Å². The Morgan fingerprint density at radius 1 is 1.50 bits per heavy atom. The first kappa shape index (κ1) is 12.9. The van der Waals surface area contributed by atoms with E-state index in [1.807, 2.05) is 13.0 Å². The van der Waals surface area contributed by atoms with Crippen LogP contribution in [0.15, 0.2) is 18.2 Å². The number of nitrogens with two attached hydrogens (primary N) is 1. The fourth-order valence-electron chi connectivity index (χ4n) is 2.35. The Kier molecular flexibility index (Phi) is 3.57. The predicted molar refractivity (Wildman–Crippen MR) is 71.3 cm³/mol. The van der Waals surface area contributed by atoms with Gasteiger partial charge in [-0.25, -0.2) is 0 Å². The highest BCUT2D eigenvalue weighted by Crippen LogP contribution is 2.28. The lowest BCUT2D eigenvalue weighted by molar-refractivity contribution is 0.0265. The highest BCUT2D eigenvalue weighted by Gasteiger charge is 2.29. The van der Waals surface area contributed by atoms with Crippen molar-refractivity contribution in [1.29, 1.82) is 0 Å². The first-order chi connectivity index (χ1) is 8.47. The quantitative estimate of drug-likeness (QED) is 0.795. The number of nitrogen functional groups attached to an aromatic ring is 1. The second kappa shape index (κ2) is 4.98.